The molecule has 2 amide bonds. The van der Waals surface area contributed by atoms with Gasteiger partial charge in [0.2, 0.25) is 5.91 Å². The van der Waals surface area contributed by atoms with Crippen LogP contribution in [0.4, 0.5) is 5.69 Å². The zero-order valence-corrected chi connectivity index (χ0v) is 20.9. The van der Waals surface area contributed by atoms with E-state index in [-0.39, 0.29) is 11.8 Å². The number of fused-ring (bicyclic) bond motifs is 1. The van der Waals surface area contributed by atoms with Gasteiger partial charge in [-0.05, 0) is 48.8 Å². The number of carbonyl (C=O) groups is 2. The molecule has 2 atom stereocenters. The van der Waals surface area contributed by atoms with Crippen LogP contribution in [0.25, 0.3) is 0 Å². The van der Waals surface area contributed by atoms with Crippen molar-refractivity contribution in [2.24, 2.45) is 10.3 Å². The number of para-hydroxylation sites is 1. The summed E-state index contributed by atoms with van der Waals surface area (Å²) in [5.41, 5.74) is 6.15. The molecule has 3 rings (SSSR count). The maximum Gasteiger partial charge on any atom is 0.311 e. The van der Waals surface area contributed by atoms with Crippen molar-refractivity contribution in [1.29, 1.82) is 0 Å². The summed E-state index contributed by atoms with van der Waals surface area (Å²) in [6.45, 7) is 4.49. The number of rotatable bonds is 11. The average Bonchev–Trinajstić information content (AvgIpc) is 3.23. The molecule has 9 heteroatoms. The predicted molar refractivity (Wildman–Crippen MR) is 136 cm³/mol. The quantitative estimate of drug-likeness (QED) is 0.465. The minimum Gasteiger partial charge on any atom is -0.348 e. The van der Waals surface area contributed by atoms with Gasteiger partial charge in [0, 0.05) is 18.7 Å². The van der Waals surface area contributed by atoms with E-state index in [9.17, 15) is 18.0 Å². The van der Waals surface area contributed by atoms with Gasteiger partial charge in [0.05, 0.1) is 5.69 Å². The van der Waals surface area contributed by atoms with Crippen LogP contribution in [0.15, 0.2) is 71.1 Å². The molecular weight excluding hydrogens is 464 g/mol. The van der Waals surface area contributed by atoms with E-state index in [4.69, 9.17) is 0 Å². The van der Waals surface area contributed by atoms with Crippen molar-refractivity contribution in [3.8, 4) is 0 Å². The van der Waals surface area contributed by atoms with Crippen LogP contribution < -0.4 is 15.8 Å². The number of anilines is 1. The van der Waals surface area contributed by atoms with E-state index in [1.54, 1.807) is 6.08 Å². The number of benzene rings is 2. The van der Waals surface area contributed by atoms with E-state index in [2.05, 4.69) is 15.1 Å². The van der Waals surface area contributed by atoms with Gasteiger partial charge in [-0.25, -0.2) is 0 Å². The number of hydrogen-bond acceptors (Lipinski definition) is 6. The second-order valence-corrected chi connectivity index (χ2v) is 9.62. The van der Waals surface area contributed by atoms with Crippen LogP contribution in [0, 0.1) is 5.92 Å². The van der Waals surface area contributed by atoms with Crippen LogP contribution in [-0.4, -0.2) is 38.9 Å². The number of nitrogens with zero attached hydrogens (tertiary/aromatic N) is 2. The van der Waals surface area contributed by atoms with Crippen molar-refractivity contribution in [3.05, 3.63) is 77.9 Å². The fourth-order valence-corrected chi connectivity index (χ4v) is 4.43. The monoisotopic (exact) mass is 496 g/mol. The number of aryl methyl sites for hydroxylation is 1. The minimum atomic E-state index is -2.69. The van der Waals surface area contributed by atoms with Crippen LogP contribution >= 0.6 is 0 Å². The molecule has 2 aromatic rings. The van der Waals surface area contributed by atoms with Gasteiger partial charge in [-0.15, -0.1) is 0 Å². The zero-order chi connectivity index (χ0) is 25.2. The molecule has 2 unspecified atom stereocenters. The number of amides is 2. The molecule has 0 radical (unpaired) electrons. The molecule has 2 N–H and O–H groups in total. The van der Waals surface area contributed by atoms with E-state index in [1.807, 2.05) is 73.5 Å². The fraction of sp³-hybridized carbons (Fsp3) is 0.385. The van der Waals surface area contributed by atoms with Crippen molar-refractivity contribution in [2.75, 3.05) is 11.6 Å². The lowest BCUT2D eigenvalue weighted by atomic mass is 10.0. The smallest absolute Gasteiger partial charge is 0.311 e. The van der Waals surface area contributed by atoms with Crippen molar-refractivity contribution in [3.63, 3.8) is 0 Å². The van der Waals surface area contributed by atoms with Gasteiger partial charge in [-0.3, -0.25) is 20.0 Å². The number of hydrazine groups is 1. The van der Waals surface area contributed by atoms with Crippen LogP contribution in [0.2, 0.25) is 0 Å². The molecule has 0 aliphatic carbocycles. The van der Waals surface area contributed by atoms with E-state index in [0.717, 1.165) is 17.7 Å². The highest BCUT2D eigenvalue weighted by molar-refractivity contribution is 7.61. The standard InChI is InChI=1S/C26H32N4O4S/c1-19(2)18-23(29-35(33)34)26(32)27-22(13-12-20-8-4-3-5-9-20)14-15-25(31)28-30-17-16-21-10-6-7-11-24(21)30/h3-11,14-15,19,22-23H,12-13,16-18H2,1-2H3,(H,27,32)(H,28,31). The molecule has 0 spiro atoms. The molecule has 186 valence electrons. The maximum absolute atomic E-state index is 12.9. The molecule has 2 aromatic carbocycles. The molecule has 1 heterocycles. The van der Waals surface area contributed by atoms with Gasteiger partial charge in [-0.1, -0.05) is 68.5 Å². The average molecular weight is 497 g/mol. The summed E-state index contributed by atoms with van der Waals surface area (Å²) in [5.74, 6) is -0.685. The van der Waals surface area contributed by atoms with E-state index >= 15 is 0 Å². The van der Waals surface area contributed by atoms with Crippen LogP contribution in [0.5, 0.6) is 0 Å². The van der Waals surface area contributed by atoms with Gasteiger partial charge in [-0.2, -0.15) is 12.8 Å². The molecule has 35 heavy (non-hydrogen) atoms. The van der Waals surface area contributed by atoms with Crippen molar-refractivity contribution in [1.82, 2.24) is 10.7 Å². The Morgan fingerprint density at radius 1 is 1.09 bits per heavy atom. The van der Waals surface area contributed by atoms with E-state index < -0.39 is 28.5 Å². The fourth-order valence-electron chi connectivity index (χ4n) is 4.04. The summed E-state index contributed by atoms with van der Waals surface area (Å²) in [7, 11) is -2.69. The summed E-state index contributed by atoms with van der Waals surface area (Å²) in [6.07, 6.45) is 5.45. The first-order chi connectivity index (χ1) is 16.8. The van der Waals surface area contributed by atoms with Gasteiger partial charge >= 0.3 is 10.5 Å². The molecule has 1 aliphatic rings. The van der Waals surface area contributed by atoms with Crippen molar-refractivity contribution >= 4 is 28.0 Å². The van der Waals surface area contributed by atoms with E-state index in [0.29, 0.717) is 25.8 Å². The SMILES string of the molecule is CC(C)CC(N=S(=O)=O)C(=O)NC(C=CC(=O)NN1CCc2ccccc21)CCc1ccccc1. The Labute approximate surface area is 208 Å². The van der Waals surface area contributed by atoms with Gasteiger partial charge in [0.15, 0.2) is 0 Å². The third kappa shape index (κ3) is 8.36. The Hall–Kier alpha value is -3.46. The molecule has 0 saturated heterocycles. The summed E-state index contributed by atoms with van der Waals surface area (Å²) in [5, 5.41) is 4.70. The van der Waals surface area contributed by atoms with Crippen molar-refractivity contribution < 1.29 is 18.0 Å². The van der Waals surface area contributed by atoms with Gasteiger partial charge < -0.3 is 5.32 Å². The number of carbonyl (C=O) groups excluding carboxylic acids is 2. The lowest BCUT2D eigenvalue weighted by Gasteiger charge is -2.20. The normalized spacial score (nSPS) is 14.4. The second-order valence-electron chi connectivity index (χ2n) is 8.97. The van der Waals surface area contributed by atoms with Crippen LogP contribution in [-0.2, 0) is 32.9 Å². The lowest BCUT2D eigenvalue weighted by Crippen LogP contribution is -2.42. The Morgan fingerprint density at radius 2 is 1.80 bits per heavy atom. The Bertz CT molecular complexity index is 1170. The van der Waals surface area contributed by atoms with Gasteiger partial charge in [0.1, 0.15) is 6.04 Å². The molecule has 0 fully saturated rings. The number of hydrogen-bond donors (Lipinski definition) is 2. The summed E-state index contributed by atoms with van der Waals surface area (Å²) < 4.78 is 25.9. The molecular formula is C26H32N4O4S. The highest BCUT2D eigenvalue weighted by Crippen LogP contribution is 2.25. The van der Waals surface area contributed by atoms with Gasteiger partial charge in [0.25, 0.3) is 5.91 Å². The third-order valence-corrected chi connectivity index (χ3v) is 6.16. The first kappa shape index (κ1) is 26.2. The van der Waals surface area contributed by atoms with Crippen molar-refractivity contribution in [2.45, 2.75) is 51.6 Å². The van der Waals surface area contributed by atoms with Crippen LogP contribution in [0.3, 0.4) is 0 Å². The summed E-state index contributed by atoms with van der Waals surface area (Å²) in [6, 6.07) is 16.3. The predicted octanol–water partition coefficient (Wildman–Crippen LogP) is 3.23. The van der Waals surface area contributed by atoms with E-state index in [1.165, 1.54) is 11.6 Å². The highest BCUT2D eigenvalue weighted by atomic mass is 32.2. The Morgan fingerprint density at radius 3 is 2.51 bits per heavy atom. The summed E-state index contributed by atoms with van der Waals surface area (Å²) >= 11 is 0. The Balaban J connectivity index is 1.69. The maximum atomic E-state index is 12.9. The minimum absolute atomic E-state index is 0.0884. The molecule has 1 aliphatic heterocycles. The second kappa shape index (κ2) is 12.9. The molecule has 0 aromatic heterocycles. The highest BCUT2D eigenvalue weighted by Gasteiger charge is 2.23. The topological polar surface area (TPSA) is 108 Å². The number of nitrogens with one attached hydrogen (secondary N) is 2. The third-order valence-electron chi connectivity index (χ3n) is 5.74. The molecule has 8 nitrogen and oxygen atoms in total. The van der Waals surface area contributed by atoms with Crippen LogP contribution in [0.1, 0.15) is 37.8 Å². The zero-order valence-electron chi connectivity index (χ0n) is 20.1. The lowest BCUT2D eigenvalue weighted by molar-refractivity contribution is -0.123. The Kier molecular flexibility index (Phi) is 9.60. The summed E-state index contributed by atoms with van der Waals surface area (Å²) in [4.78, 5) is 25.5. The molecule has 0 saturated carbocycles. The first-order valence-corrected chi connectivity index (χ1v) is 12.8. The largest absolute Gasteiger partial charge is 0.348 e. The first-order valence-electron chi connectivity index (χ1n) is 11.8. The molecule has 0 bridgehead atoms.